The summed E-state index contributed by atoms with van der Waals surface area (Å²) in [6.45, 7) is 0.0702. The van der Waals surface area contributed by atoms with Crippen LogP contribution in [0.2, 0.25) is 0 Å². The van der Waals surface area contributed by atoms with E-state index in [1.54, 1.807) is 25.2 Å². The zero-order valence-electron chi connectivity index (χ0n) is 12.6. The molecule has 0 aliphatic carbocycles. The van der Waals surface area contributed by atoms with Crippen molar-refractivity contribution in [2.24, 2.45) is 0 Å². The van der Waals surface area contributed by atoms with E-state index in [0.717, 1.165) is 6.26 Å². The highest BCUT2D eigenvalue weighted by atomic mass is 32.2. The number of anilines is 1. The molecular weight excluding hydrogens is 323 g/mol. The second kappa shape index (κ2) is 6.33. The van der Waals surface area contributed by atoms with Crippen molar-refractivity contribution in [1.29, 1.82) is 0 Å². The van der Waals surface area contributed by atoms with Gasteiger partial charge in [0, 0.05) is 25.4 Å². The summed E-state index contributed by atoms with van der Waals surface area (Å²) in [5, 5.41) is 11.4. The molecule has 0 spiro atoms. The number of nitro groups is 1. The van der Waals surface area contributed by atoms with Crippen LogP contribution < -0.4 is 4.90 Å². The number of rotatable bonds is 5. The molecule has 0 unspecified atom stereocenters. The van der Waals surface area contributed by atoms with Crippen molar-refractivity contribution in [3.63, 3.8) is 0 Å². The van der Waals surface area contributed by atoms with Gasteiger partial charge in [0.15, 0.2) is 9.84 Å². The number of para-hydroxylation sites is 1. The van der Waals surface area contributed by atoms with Crippen molar-refractivity contribution in [2.45, 2.75) is 11.4 Å². The number of nitro benzene ring substituents is 1. The van der Waals surface area contributed by atoms with E-state index >= 15 is 0 Å². The summed E-state index contributed by atoms with van der Waals surface area (Å²) in [6, 6.07) is 10.1. The zero-order valence-corrected chi connectivity index (χ0v) is 13.4. The van der Waals surface area contributed by atoms with Gasteiger partial charge in [-0.3, -0.25) is 10.1 Å². The first kappa shape index (κ1) is 16.9. The predicted molar refractivity (Wildman–Crippen MR) is 84.7 cm³/mol. The maximum Gasteiger partial charge on any atom is 0.311 e. The van der Waals surface area contributed by atoms with Gasteiger partial charge in [-0.15, -0.1) is 0 Å². The Hall–Kier alpha value is -2.48. The highest BCUT2D eigenvalue weighted by Crippen LogP contribution is 2.34. The fraction of sp³-hybridized carbons (Fsp3) is 0.200. The molecular formula is C15H15FN2O4S. The Labute approximate surface area is 133 Å². The minimum Gasteiger partial charge on any atom is -0.365 e. The van der Waals surface area contributed by atoms with E-state index in [-0.39, 0.29) is 17.1 Å². The second-order valence-electron chi connectivity index (χ2n) is 5.10. The molecule has 8 heteroatoms. The summed E-state index contributed by atoms with van der Waals surface area (Å²) in [5.41, 5.74) is -0.0379. The van der Waals surface area contributed by atoms with Gasteiger partial charge in [-0.1, -0.05) is 24.3 Å². The Morgan fingerprint density at radius 1 is 1.17 bits per heavy atom. The number of nitrogens with zero attached hydrogens (tertiary/aromatic N) is 2. The monoisotopic (exact) mass is 338 g/mol. The van der Waals surface area contributed by atoms with Crippen molar-refractivity contribution in [3.05, 3.63) is 64.0 Å². The Balaban J connectivity index is 2.51. The summed E-state index contributed by atoms with van der Waals surface area (Å²) >= 11 is 0. The molecule has 0 aliphatic heterocycles. The van der Waals surface area contributed by atoms with E-state index in [1.807, 2.05) is 0 Å². The summed E-state index contributed by atoms with van der Waals surface area (Å²) in [6.07, 6.45) is 0.913. The fourth-order valence-corrected chi connectivity index (χ4v) is 3.12. The molecule has 0 atom stereocenters. The Morgan fingerprint density at radius 2 is 1.83 bits per heavy atom. The van der Waals surface area contributed by atoms with Crippen LogP contribution >= 0.6 is 0 Å². The maximum absolute atomic E-state index is 13.7. The normalized spacial score (nSPS) is 11.3. The fourth-order valence-electron chi connectivity index (χ4n) is 2.27. The Bertz CT molecular complexity index is 852. The van der Waals surface area contributed by atoms with Crippen LogP contribution in [0.3, 0.4) is 0 Å². The first-order valence-corrected chi connectivity index (χ1v) is 8.53. The van der Waals surface area contributed by atoms with Gasteiger partial charge in [0.2, 0.25) is 0 Å². The first-order valence-electron chi connectivity index (χ1n) is 6.64. The molecule has 23 heavy (non-hydrogen) atoms. The molecule has 0 aliphatic rings. The average molecular weight is 338 g/mol. The van der Waals surface area contributed by atoms with Gasteiger partial charge in [0.1, 0.15) is 16.4 Å². The van der Waals surface area contributed by atoms with Gasteiger partial charge in [-0.2, -0.15) is 0 Å². The van der Waals surface area contributed by atoms with E-state index in [1.165, 1.54) is 29.2 Å². The minimum atomic E-state index is -3.76. The van der Waals surface area contributed by atoms with Crippen LogP contribution in [0, 0.1) is 15.9 Å². The van der Waals surface area contributed by atoms with Crippen LogP contribution in [0.4, 0.5) is 15.8 Å². The predicted octanol–water partition coefficient (Wildman–Crippen LogP) is 2.77. The molecule has 6 nitrogen and oxygen atoms in total. The lowest BCUT2D eigenvalue weighted by molar-refractivity contribution is -0.387. The molecule has 0 aromatic heterocycles. The largest absolute Gasteiger partial charge is 0.365 e. The molecule has 0 radical (unpaired) electrons. The molecule has 0 N–H and O–H groups in total. The van der Waals surface area contributed by atoms with Crippen LogP contribution in [0.15, 0.2) is 47.4 Å². The van der Waals surface area contributed by atoms with Crippen LogP contribution in [-0.2, 0) is 16.4 Å². The van der Waals surface area contributed by atoms with Gasteiger partial charge >= 0.3 is 5.69 Å². The second-order valence-corrected chi connectivity index (χ2v) is 7.08. The Kier molecular flexibility index (Phi) is 4.65. The standard InChI is InChI=1S/C15H15FN2O4S/c1-17(10-11-6-3-4-7-12(11)16)13-8-5-9-14(23(2,21)22)15(13)18(19)20/h3-9H,10H2,1-2H3. The third-order valence-corrected chi connectivity index (χ3v) is 4.46. The van der Waals surface area contributed by atoms with Gasteiger partial charge < -0.3 is 4.90 Å². The zero-order chi connectivity index (χ0) is 17.2. The van der Waals surface area contributed by atoms with Gasteiger partial charge in [-0.05, 0) is 18.2 Å². The quantitative estimate of drug-likeness (QED) is 0.618. The van der Waals surface area contributed by atoms with Crippen LogP contribution in [0.5, 0.6) is 0 Å². The minimum absolute atomic E-state index is 0.0702. The van der Waals surface area contributed by atoms with Crippen molar-refractivity contribution < 1.29 is 17.7 Å². The number of hydrogen-bond donors (Lipinski definition) is 0. The SMILES string of the molecule is CN(Cc1ccccc1F)c1cccc(S(C)(=O)=O)c1[N+](=O)[O-]. The molecule has 2 rings (SSSR count). The van der Waals surface area contributed by atoms with Crippen molar-refractivity contribution >= 4 is 21.2 Å². The van der Waals surface area contributed by atoms with E-state index in [4.69, 9.17) is 0 Å². The first-order chi connectivity index (χ1) is 10.7. The summed E-state index contributed by atoms with van der Waals surface area (Å²) in [5.74, 6) is -0.429. The molecule has 2 aromatic rings. The Morgan fingerprint density at radius 3 is 2.39 bits per heavy atom. The molecule has 0 heterocycles. The van der Waals surface area contributed by atoms with E-state index in [2.05, 4.69) is 0 Å². The summed E-state index contributed by atoms with van der Waals surface area (Å²) in [7, 11) is -2.22. The summed E-state index contributed by atoms with van der Waals surface area (Å²) < 4.78 is 37.3. The van der Waals surface area contributed by atoms with E-state index in [0.29, 0.717) is 5.56 Å². The molecule has 0 saturated heterocycles. The van der Waals surface area contributed by atoms with Gasteiger partial charge in [-0.25, -0.2) is 12.8 Å². The van der Waals surface area contributed by atoms with Crippen LogP contribution in [-0.4, -0.2) is 26.6 Å². The molecule has 0 bridgehead atoms. The van der Waals surface area contributed by atoms with Crippen LogP contribution in [0.1, 0.15) is 5.56 Å². The third-order valence-electron chi connectivity index (χ3n) is 3.34. The third kappa shape index (κ3) is 3.65. The lowest BCUT2D eigenvalue weighted by Crippen LogP contribution is -2.19. The van der Waals surface area contributed by atoms with Crippen molar-refractivity contribution in [2.75, 3.05) is 18.2 Å². The molecule has 122 valence electrons. The molecule has 0 saturated carbocycles. The van der Waals surface area contributed by atoms with E-state index in [9.17, 15) is 22.9 Å². The lowest BCUT2D eigenvalue weighted by atomic mass is 10.2. The number of benzene rings is 2. The van der Waals surface area contributed by atoms with E-state index < -0.39 is 26.3 Å². The lowest BCUT2D eigenvalue weighted by Gasteiger charge is -2.20. The van der Waals surface area contributed by atoms with Crippen LogP contribution in [0.25, 0.3) is 0 Å². The van der Waals surface area contributed by atoms with Gasteiger partial charge in [0.25, 0.3) is 0 Å². The average Bonchev–Trinajstić information content (AvgIpc) is 2.47. The number of sulfone groups is 1. The maximum atomic E-state index is 13.7. The topological polar surface area (TPSA) is 80.5 Å². The smallest absolute Gasteiger partial charge is 0.311 e. The number of hydrogen-bond acceptors (Lipinski definition) is 5. The van der Waals surface area contributed by atoms with Crippen molar-refractivity contribution in [3.8, 4) is 0 Å². The van der Waals surface area contributed by atoms with Gasteiger partial charge in [0.05, 0.1) is 4.92 Å². The highest BCUT2D eigenvalue weighted by Gasteiger charge is 2.27. The molecule has 2 aromatic carbocycles. The molecule has 0 fully saturated rings. The number of halogens is 1. The van der Waals surface area contributed by atoms with Crippen molar-refractivity contribution in [1.82, 2.24) is 0 Å². The molecule has 0 amide bonds. The highest BCUT2D eigenvalue weighted by molar-refractivity contribution is 7.90. The summed E-state index contributed by atoms with van der Waals surface area (Å²) in [4.78, 5) is 11.7.